The predicted molar refractivity (Wildman–Crippen MR) is 95.8 cm³/mol. The lowest BCUT2D eigenvalue weighted by atomic mass is 10.1. The second-order valence-corrected chi connectivity index (χ2v) is 7.97. The first-order valence-electron chi connectivity index (χ1n) is 8.17. The van der Waals surface area contributed by atoms with Crippen molar-refractivity contribution in [1.29, 1.82) is 0 Å². The summed E-state index contributed by atoms with van der Waals surface area (Å²) in [5.74, 6) is 0.999. The number of carbonyl (C=O) groups is 1. The summed E-state index contributed by atoms with van der Waals surface area (Å²) in [6.07, 6.45) is 5.41. The molecule has 0 aliphatic heterocycles. The fourth-order valence-corrected chi connectivity index (χ4v) is 3.49. The first-order chi connectivity index (χ1) is 12.0. The molecule has 0 radical (unpaired) electrons. The van der Waals surface area contributed by atoms with E-state index < -0.39 is 0 Å². The lowest BCUT2D eigenvalue weighted by molar-refractivity contribution is 0.0951. The van der Waals surface area contributed by atoms with Crippen LogP contribution in [0.4, 0.5) is 5.82 Å². The third kappa shape index (κ3) is 3.09. The quantitative estimate of drug-likeness (QED) is 0.728. The number of rotatable bonds is 5. The largest absolute Gasteiger partial charge is 0.442 e. The van der Waals surface area contributed by atoms with Crippen LogP contribution >= 0.6 is 11.3 Å². The van der Waals surface area contributed by atoms with Gasteiger partial charge >= 0.3 is 0 Å². The average molecular weight is 357 g/mol. The van der Waals surface area contributed by atoms with Crippen molar-refractivity contribution in [2.45, 2.75) is 45.7 Å². The molecule has 1 amide bonds. The van der Waals surface area contributed by atoms with Crippen molar-refractivity contribution in [3.05, 3.63) is 33.7 Å². The van der Waals surface area contributed by atoms with Crippen LogP contribution in [0.5, 0.6) is 0 Å². The maximum absolute atomic E-state index is 12.8. The van der Waals surface area contributed by atoms with Crippen molar-refractivity contribution in [1.82, 2.24) is 20.3 Å². The fourth-order valence-electron chi connectivity index (χ4n) is 2.75. The summed E-state index contributed by atoms with van der Waals surface area (Å²) in [5, 5.41) is 7.99. The van der Waals surface area contributed by atoms with Crippen LogP contribution < -0.4 is 10.6 Å². The SMILES string of the molecule is Cc1ncc(CNC(=O)c2c(C)oc3ncnc(NC4(C)CC4)c23)s1. The number of anilines is 1. The Balaban J connectivity index is 1.65. The molecule has 0 saturated heterocycles. The van der Waals surface area contributed by atoms with Gasteiger partial charge in [0, 0.05) is 16.6 Å². The maximum atomic E-state index is 12.8. The van der Waals surface area contributed by atoms with Gasteiger partial charge in [0.2, 0.25) is 5.71 Å². The number of hydrogen-bond donors (Lipinski definition) is 2. The number of aryl methyl sites for hydroxylation is 2. The van der Waals surface area contributed by atoms with E-state index >= 15 is 0 Å². The first kappa shape index (κ1) is 16.0. The molecule has 25 heavy (non-hydrogen) atoms. The molecule has 130 valence electrons. The number of nitrogens with zero attached hydrogens (tertiary/aromatic N) is 3. The summed E-state index contributed by atoms with van der Waals surface area (Å²) in [6.45, 7) is 6.29. The first-order valence-corrected chi connectivity index (χ1v) is 8.99. The molecular formula is C17H19N5O2S. The van der Waals surface area contributed by atoms with E-state index in [4.69, 9.17) is 4.42 Å². The predicted octanol–water partition coefficient (Wildman–Crippen LogP) is 3.19. The van der Waals surface area contributed by atoms with Crippen LogP contribution in [0.2, 0.25) is 0 Å². The number of hydrogen-bond acceptors (Lipinski definition) is 7. The van der Waals surface area contributed by atoms with Gasteiger partial charge < -0.3 is 15.1 Å². The summed E-state index contributed by atoms with van der Waals surface area (Å²) in [7, 11) is 0. The number of nitrogens with one attached hydrogen (secondary N) is 2. The Kier molecular flexibility index (Phi) is 3.72. The van der Waals surface area contributed by atoms with Crippen molar-refractivity contribution in [3.63, 3.8) is 0 Å². The Morgan fingerprint density at radius 2 is 2.12 bits per heavy atom. The molecule has 0 atom stereocenters. The van der Waals surface area contributed by atoms with Gasteiger partial charge in [0.05, 0.1) is 22.5 Å². The summed E-state index contributed by atoms with van der Waals surface area (Å²) in [4.78, 5) is 26.5. The van der Waals surface area contributed by atoms with Crippen LogP contribution in [-0.2, 0) is 6.54 Å². The number of thiazole rings is 1. The third-order valence-electron chi connectivity index (χ3n) is 4.40. The molecule has 0 spiro atoms. The van der Waals surface area contributed by atoms with Crippen LogP contribution in [0.1, 0.15) is 45.8 Å². The second kappa shape index (κ2) is 5.80. The molecule has 1 aliphatic carbocycles. The molecule has 1 fully saturated rings. The molecule has 7 nitrogen and oxygen atoms in total. The zero-order valence-corrected chi connectivity index (χ0v) is 15.2. The van der Waals surface area contributed by atoms with E-state index in [2.05, 4.69) is 32.5 Å². The Hall–Kier alpha value is -2.48. The van der Waals surface area contributed by atoms with E-state index in [-0.39, 0.29) is 11.4 Å². The van der Waals surface area contributed by atoms with E-state index in [0.717, 1.165) is 22.7 Å². The number of furan rings is 1. The normalized spacial score (nSPS) is 15.3. The van der Waals surface area contributed by atoms with Gasteiger partial charge in [-0.2, -0.15) is 0 Å². The van der Waals surface area contributed by atoms with E-state index in [1.165, 1.54) is 6.33 Å². The highest BCUT2D eigenvalue weighted by atomic mass is 32.1. The smallest absolute Gasteiger partial charge is 0.255 e. The van der Waals surface area contributed by atoms with Gasteiger partial charge in [-0.05, 0) is 33.6 Å². The van der Waals surface area contributed by atoms with Gasteiger partial charge in [0.1, 0.15) is 17.9 Å². The van der Waals surface area contributed by atoms with E-state index in [1.807, 2.05) is 6.92 Å². The molecule has 1 aliphatic rings. The molecule has 0 bridgehead atoms. The number of fused-ring (bicyclic) bond motifs is 1. The Morgan fingerprint density at radius 1 is 1.32 bits per heavy atom. The van der Waals surface area contributed by atoms with Crippen molar-refractivity contribution >= 4 is 34.2 Å². The Bertz CT molecular complexity index is 957. The summed E-state index contributed by atoms with van der Waals surface area (Å²) in [6, 6.07) is 0. The van der Waals surface area contributed by atoms with Gasteiger partial charge in [-0.3, -0.25) is 4.79 Å². The zero-order valence-electron chi connectivity index (χ0n) is 14.3. The minimum atomic E-state index is -0.193. The van der Waals surface area contributed by atoms with Gasteiger partial charge in [0.25, 0.3) is 5.91 Å². The van der Waals surface area contributed by atoms with Crippen molar-refractivity contribution in [3.8, 4) is 0 Å². The number of amides is 1. The standard InChI is InChI=1S/C17H19N5O2S/c1-9-12(15(23)19-7-11-6-18-10(2)25-11)13-14(22-17(3)4-5-17)20-8-21-16(13)24-9/h6,8H,4-5,7H2,1-3H3,(H,19,23)(H,20,21,22). The van der Waals surface area contributed by atoms with Crippen molar-refractivity contribution in [2.24, 2.45) is 0 Å². The Labute approximate surface area is 148 Å². The minimum absolute atomic E-state index is 0.0420. The lowest BCUT2D eigenvalue weighted by Crippen LogP contribution is -2.23. The van der Waals surface area contributed by atoms with Gasteiger partial charge in [-0.1, -0.05) is 0 Å². The molecule has 3 heterocycles. The number of aromatic nitrogens is 3. The number of carbonyl (C=O) groups excluding carboxylic acids is 1. The van der Waals surface area contributed by atoms with E-state index in [9.17, 15) is 4.79 Å². The average Bonchev–Trinajstić information content (AvgIpc) is 2.99. The van der Waals surface area contributed by atoms with Crippen molar-refractivity contribution < 1.29 is 9.21 Å². The highest BCUT2D eigenvalue weighted by Gasteiger charge is 2.38. The van der Waals surface area contributed by atoms with Crippen LogP contribution in [-0.4, -0.2) is 26.4 Å². The highest BCUT2D eigenvalue weighted by Crippen LogP contribution is 2.40. The van der Waals surface area contributed by atoms with Crippen LogP contribution in [0.25, 0.3) is 11.1 Å². The maximum Gasteiger partial charge on any atom is 0.255 e. The molecule has 2 N–H and O–H groups in total. The van der Waals surface area contributed by atoms with E-state index in [0.29, 0.717) is 34.8 Å². The topological polar surface area (TPSA) is 92.9 Å². The minimum Gasteiger partial charge on any atom is -0.442 e. The highest BCUT2D eigenvalue weighted by molar-refractivity contribution is 7.11. The molecule has 3 aromatic heterocycles. The molecule has 0 unspecified atom stereocenters. The summed E-state index contributed by atoms with van der Waals surface area (Å²) < 4.78 is 5.69. The molecule has 8 heteroatoms. The zero-order chi connectivity index (χ0) is 17.6. The van der Waals surface area contributed by atoms with E-state index in [1.54, 1.807) is 24.5 Å². The monoisotopic (exact) mass is 357 g/mol. The van der Waals surface area contributed by atoms with Crippen LogP contribution in [0, 0.1) is 13.8 Å². The lowest BCUT2D eigenvalue weighted by Gasteiger charge is -2.13. The summed E-state index contributed by atoms with van der Waals surface area (Å²) >= 11 is 1.57. The van der Waals surface area contributed by atoms with Crippen LogP contribution in [0.3, 0.4) is 0 Å². The van der Waals surface area contributed by atoms with Gasteiger partial charge in [-0.15, -0.1) is 11.3 Å². The molecule has 1 saturated carbocycles. The molecular weight excluding hydrogens is 338 g/mol. The second-order valence-electron chi connectivity index (χ2n) is 6.65. The third-order valence-corrected chi connectivity index (χ3v) is 5.32. The van der Waals surface area contributed by atoms with Crippen molar-refractivity contribution in [2.75, 3.05) is 5.32 Å². The van der Waals surface area contributed by atoms with Crippen LogP contribution in [0.15, 0.2) is 16.9 Å². The molecule has 3 aromatic rings. The van der Waals surface area contributed by atoms with Gasteiger partial charge in [0.15, 0.2) is 0 Å². The fraction of sp³-hybridized carbons (Fsp3) is 0.412. The van der Waals surface area contributed by atoms with Gasteiger partial charge in [-0.25, -0.2) is 15.0 Å². The summed E-state index contributed by atoms with van der Waals surface area (Å²) in [5.41, 5.74) is 0.960. The molecule has 4 rings (SSSR count). The molecule has 0 aromatic carbocycles. The Morgan fingerprint density at radius 3 is 2.80 bits per heavy atom.